The highest BCUT2D eigenvalue weighted by Gasteiger charge is 2.23. The third-order valence-corrected chi connectivity index (χ3v) is 5.63. The first-order valence-corrected chi connectivity index (χ1v) is 10.1. The highest BCUT2D eigenvalue weighted by molar-refractivity contribution is 6.04. The monoisotopic (exact) mass is 410 g/mol. The molecule has 156 valence electrons. The summed E-state index contributed by atoms with van der Waals surface area (Å²) in [5.74, 6) is -1.06. The smallest absolute Gasteiger partial charge is 0.253 e. The van der Waals surface area contributed by atoms with Crippen LogP contribution in [0.4, 0.5) is 8.78 Å². The summed E-state index contributed by atoms with van der Waals surface area (Å²) < 4.78 is 27.1. The molecule has 0 bridgehead atoms. The van der Waals surface area contributed by atoms with Crippen molar-refractivity contribution in [3.8, 4) is 0 Å². The summed E-state index contributed by atoms with van der Waals surface area (Å²) >= 11 is 0. The molecule has 0 saturated carbocycles. The second-order valence-electron chi connectivity index (χ2n) is 7.87. The van der Waals surface area contributed by atoms with Crippen molar-refractivity contribution >= 4 is 16.9 Å². The molecule has 1 N–H and O–H groups in total. The maximum Gasteiger partial charge on any atom is 0.253 e. The zero-order valence-electron chi connectivity index (χ0n) is 17.1. The lowest BCUT2D eigenvalue weighted by molar-refractivity contribution is 0.0910. The van der Waals surface area contributed by atoms with Gasteiger partial charge in [0.05, 0.1) is 22.5 Å². The van der Waals surface area contributed by atoms with Crippen molar-refractivity contribution in [2.75, 3.05) is 13.1 Å². The summed E-state index contributed by atoms with van der Waals surface area (Å²) in [5, 5.41) is 3.03. The Morgan fingerprint density at radius 3 is 2.40 bits per heavy atom. The summed E-state index contributed by atoms with van der Waals surface area (Å²) in [6, 6.07) is 9.07. The van der Waals surface area contributed by atoms with E-state index in [1.54, 1.807) is 12.1 Å². The lowest BCUT2D eigenvalue weighted by Crippen LogP contribution is -2.44. The molecule has 0 radical (unpaired) electrons. The van der Waals surface area contributed by atoms with Gasteiger partial charge in [0.15, 0.2) is 0 Å². The third kappa shape index (κ3) is 4.46. The van der Waals surface area contributed by atoms with Crippen LogP contribution in [0.3, 0.4) is 0 Å². The van der Waals surface area contributed by atoms with Crippen molar-refractivity contribution in [2.45, 2.75) is 39.3 Å². The van der Waals surface area contributed by atoms with Gasteiger partial charge in [0.25, 0.3) is 5.91 Å². The first kappa shape index (κ1) is 20.3. The average molecular weight is 410 g/mol. The van der Waals surface area contributed by atoms with Crippen LogP contribution in [-0.4, -0.2) is 39.9 Å². The van der Waals surface area contributed by atoms with Gasteiger partial charge in [-0.25, -0.2) is 18.7 Å². The largest absolute Gasteiger partial charge is 0.349 e. The van der Waals surface area contributed by atoms with Crippen LogP contribution in [0.2, 0.25) is 0 Å². The van der Waals surface area contributed by atoms with Crippen LogP contribution in [0.5, 0.6) is 0 Å². The number of hydrogen-bond acceptors (Lipinski definition) is 4. The maximum atomic E-state index is 14.1. The number of benzene rings is 2. The number of fused-ring (bicyclic) bond motifs is 1. The molecule has 3 aromatic rings. The number of aromatic nitrogens is 2. The summed E-state index contributed by atoms with van der Waals surface area (Å²) in [5.41, 5.74) is 3.53. The Balaban J connectivity index is 1.41. The molecule has 1 aliphatic rings. The zero-order chi connectivity index (χ0) is 21.3. The number of amides is 1. The zero-order valence-corrected chi connectivity index (χ0v) is 17.1. The predicted octanol–water partition coefficient (Wildman–Crippen LogP) is 3.92. The fourth-order valence-electron chi connectivity index (χ4n) is 3.82. The van der Waals surface area contributed by atoms with Crippen LogP contribution in [0.1, 0.15) is 40.2 Å². The summed E-state index contributed by atoms with van der Waals surface area (Å²) in [6.07, 6.45) is 1.59. The van der Waals surface area contributed by atoms with Crippen molar-refractivity contribution in [2.24, 2.45) is 0 Å². The van der Waals surface area contributed by atoms with Crippen LogP contribution >= 0.6 is 0 Å². The van der Waals surface area contributed by atoms with Gasteiger partial charge in [0, 0.05) is 31.7 Å². The first-order chi connectivity index (χ1) is 14.4. The van der Waals surface area contributed by atoms with Gasteiger partial charge >= 0.3 is 0 Å². The number of nitrogens with one attached hydrogen (secondary N) is 1. The SMILES string of the molecule is Cc1nc2cc(F)cc(C(=O)NC3CCN(Cc4ccc(F)cc4)CC3)c2nc1C. The van der Waals surface area contributed by atoms with Crippen molar-refractivity contribution in [3.05, 3.63) is 70.5 Å². The quantitative estimate of drug-likeness (QED) is 0.708. The molecule has 1 saturated heterocycles. The Bertz CT molecular complexity index is 1080. The minimum Gasteiger partial charge on any atom is -0.349 e. The molecule has 0 unspecified atom stereocenters. The van der Waals surface area contributed by atoms with Gasteiger partial charge in [-0.05, 0) is 50.5 Å². The van der Waals surface area contributed by atoms with E-state index in [9.17, 15) is 13.6 Å². The van der Waals surface area contributed by atoms with Gasteiger partial charge in [-0.15, -0.1) is 0 Å². The summed E-state index contributed by atoms with van der Waals surface area (Å²) in [6.45, 7) is 6.04. The van der Waals surface area contributed by atoms with Crippen LogP contribution in [0, 0.1) is 25.5 Å². The number of hydrogen-bond donors (Lipinski definition) is 1. The van der Waals surface area contributed by atoms with E-state index in [4.69, 9.17) is 0 Å². The molecule has 4 rings (SSSR count). The van der Waals surface area contributed by atoms with Crippen molar-refractivity contribution in [3.63, 3.8) is 0 Å². The van der Waals surface area contributed by atoms with Gasteiger partial charge < -0.3 is 5.32 Å². The number of aryl methyl sites for hydroxylation is 2. The van der Waals surface area contributed by atoms with E-state index in [0.717, 1.165) is 43.7 Å². The molecule has 0 aliphatic carbocycles. The van der Waals surface area contributed by atoms with E-state index in [0.29, 0.717) is 16.7 Å². The van der Waals surface area contributed by atoms with Crippen LogP contribution in [0.25, 0.3) is 11.0 Å². The molecule has 1 aromatic heterocycles. The molecule has 0 spiro atoms. The second kappa shape index (κ2) is 8.44. The second-order valence-corrected chi connectivity index (χ2v) is 7.87. The highest BCUT2D eigenvalue weighted by atomic mass is 19.1. The molecule has 2 aromatic carbocycles. The van der Waals surface area contributed by atoms with Gasteiger partial charge in [-0.2, -0.15) is 0 Å². The van der Waals surface area contributed by atoms with E-state index < -0.39 is 5.82 Å². The fraction of sp³-hybridized carbons (Fsp3) is 0.348. The maximum absolute atomic E-state index is 14.1. The molecule has 2 heterocycles. The van der Waals surface area contributed by atoms with Crippen molar-refractivity contribution < 1.29 is 13.6 Å². The average Bonchev–Trinajstić information content (AvgIpc) is 2.72. The molecule has 0 atom stereocenters. The molecule has 1 aliphatic heterocycles. The molecular formula is C23H24F2N4O. The number of rotatable bonds is 4. The number of carbonyl (C=O) groups excluding carboxylic acids is 1. The first-order valence-electron chi connectivity index (χ1n) is 10.1. The molecule has 1 fully saturated rings. The van der Waals surface area contributed by atoms with Crippen LogP contribution < -0.4 is 5.32 Å². The van der Waals surface area contributed by atoms with Gasteiger partial charge in [-0.1, -0.05) is 12.1 Å². The van der Waals surface area contributed by atoms with Gasteiger partial charge in [0.2, 0.25) is 0 Å². The lowest BCUT2D eigenvalue weighted by Gasteiger charge is -2.32. The Morgan fingerprint density at radius 1 is 1.03 bits per heavy atom. The molecule has 1 amide bonds. The Kier molecular flexibility index (Phi) is 5.72. The Morgan fingerprint density at radius 2 is 1.70 bits per heavy atom. The van der Waals surface area contributed by atoms with E-state index in [2.05, 4.69) is 20.2 Å². The van der Waals surface area contributed by atoms with Crippen molar-refractivity contribution in [1.29, 1.82) is 0 Å². The summed E-state index contributed by atoms with van der Waals surface area (Å²) in [4.78, 5) is 24.0. The minimum atomic E-state index is -0.501. The normalized spacial score (nSPS) is 15.5. The number of nitrogens with zero attached hydrogens (tertiary/aromatic N) is 3. The fourth-order valence-corrected chi connectivity index (χ4v) is 3.82. The predicted molar refractivity (Wildman–Crippen MR) is 111 cm³/mol. The molecule has 5 nitrogen and oxygen atoms in total. The number of piperidine rings is 1. The summed E-state index contributed by atoms with van der Waals surface area (Å²) in [7, 11) is 0. The van der Waals surface area contributed by atoms with Crippen molar-refractivity contribution in [1.82, 2.24) is 20.2 Å². The van der Waals surface area contributed by atoms with Crippen LogP contribution in [0.15, 0.2) is 36.4 Å². The van der Waals surface area contributed by atoms with E-state index in [-0.39, 0.29) is 23.3 Å². The lowest BCUT2D eigenvalue weighted by atomic mass is 10.0. The third-order valence-electron chi connectivity index (χ3n) is 5.63. The standard InChI is InChI=1S/C23H24F2N4O/c1-14-15(2)27-22-20(11-18(25)12-21(22)26-14)23(30)28-19-7-9-29(10-8-19)13-16-3-5-17(24)6-4-16/h3-6,11-12,19H,7-10,13H2,1-2H3,(H,28,30). The topological polar surface area (TPSA) is 58.1 Å². The minimum absolute atomic E-state index is 0.0137. The van der Waals surface area contributed by atoms with Crippen LogP contribution in [-0.2, 0) is 6.54 Å². The van der Waals surface area contributed by atoms with Gasteiger partial charge in [-0.3, -0.25) is 9.69 Å². The van der Waals surface area contributed by atoms with E-state index in [1.165, 1.54) is 24.3 Å². The Labute approximate surface area is 174 Å². The number of likely N-dealkylation sites (tertiary alicyclic amines) is 1. The Hall–Kier alpha value is -2.93. The van der Waals surface area contributed by atoms with E-state index >= 15 is 0 Å². The highest BCUT2D eigenvalue weighted by Crippen LogP contribution is 2.20. The molecular weight excluding hydrogens is 386 g/mol. The molecule has 30 heavy (non-hydrogen) atoms. The number of halogens is 2. The van der Waals surface area contributed by atoms with E-state index in [1.807, 2.05) is 13.8 Å². The number of carbonyl (C=O) groups is 1. The van der Waals surface area contributed by atoms with Gasteiger partial charge in [0.1, 0.15) is 17.2 Å². The molecule has 7 heteroatoms.